The van der Waals surface area contributed by atoms with E-state index in [2.05, 4.69) is 148 Å². The number of Topliss-reactive ketones (excluding diaryl/α,β-unsaturated/α-hetero) is 2. The summed E-state index contributed by atoms with van der Waals surface area (Å²) in [5.74, 6) is 19.4. The molecule has 1 fully saturated rings. The van der Waals surface area contributed by atoms with Crippen molar-refractivity contribution in [3.63, 3.8) is 0 Å². The number of rotatable bonds is 14. The van der Waals surface area contributed by atoms with Gasteiger partial charge in [-0.1, -0.05) is 197 Å². The first kappa shape index (κ1) is 66.5. The molecule has 0 aromatic rings. The van der Waals surface area contributed by atoms with E-state index in [0.717, 1.165) is 43.4 Å². The molecule has 0 saturated heterocycles. The Balaban J connectivity index is -0.000000208. The Labute approximate surface area is 374 Å². The second kappa shape index (κ2) is 31.3. The molecule has 1 rings (SSSR count). The summed E-state index contributed by atoms with van der Waals surface area (Å²) in [6.07, 6.45) is 9.07. The van der Waals surface area contributed by atoms with E-state index >= 15 is 0 Å². The van der Waals surface area contributed by atoms with Crippen molar-refractivity contribution in [3.8, 4) is 23.7 Å². The zero-order chi connectivity index (χ0) is 47.0. The van der Waals surface area contributed by atoms with Crippen LogP contribution < -0.4 is 0 Å². The number of hydrogen-bond acceptors (Lipinski definition) is 3. The summed E-state index contributed by atoms with van der Waals surface area (Å²) < 4.78 is 0. The third-order valence-electron chi connectivity index (χ3n) is 12.8. The van der Waals surface area contributed by atoms with Gasteiger partial charge in [-0.2, -0.15) is 0 Å². The fraction of sp³-hybridized carbons (Fsp3) is 0.893. The lowest BCUT2D eigenvalue weighted by Gasteiger charge is -2.22. The normalized spacial score (nSPS) is 15.4. The average Bonchev–Trinajstić information content (AvgIpc) is 3.91. The molecule has 59 heavy (non-hydrogen) atoms. The van der Waals surface area contributed by atoms with Crippen LogP contribution in [-0.2, 0) is 9.59 Å². The fourth-order valence-corrected chi connectivity index (χ4v) is 4.89. The quantitative estimate of drug-likeness (QED) is 0.177. The highest BCUT2D eigenvalue weighted by Gasteiger charge is 2.45. The van der Waals surface area contributed by atoms with Crippen LogP contribution in [0.25, 0.3) is 0 Å². The molecular formula is C56H110O3. The van der Waals surface area contributed by atoms with Gasteiger partial charge in [0.2, 0.25) is 0 Å². The summed E-state index contributed by atoms with van der Waals surface area (Å²) in [4.78, 5) is 23.4. The van der Waals surface area contributed by atoms with Gasteiger partial charge < -0.3 is 5.11 Å². The first-order chi connectivity index (χ1) is 26.0. The Hall–Kier alpha value is -1.58. The van der Waals surface area contributed by atoms with E-state index in [9.17, 15) is 14.7 Å². The van der Waals surface area contributed by atoms with Gasteiger partial charge in [0.1, 0.15) is 17.2 Å². The van der Waals surface area contributed by atoms with Crippen molar-refractivity contribution in [1.82, 2.24) is 0 Å². The lowest BCUT2D eigenvalue weighted by Crippen LogP contribution is -2.24. The third-order valence-corrected chi connectivity index (χ3v) is 12.8. The van der Waals surface area contributed by atoms with E-state index < -0.39 is 5.60 Å². The monoisotopic (exact) mass is 831 g/mol. The van der Waals surface area contributed by atoms with Gasteiger partial charge in [-0.05, 0) is 106 Å². The average molecular weight is 831 g/mol. The molecule has 1 N–H and O–H groups in total. The molecule has 4 unspecified atom stereocenters. The van der Waals surface area contributed by atoms with Crippen LogP contribution in [0.15, 0.2) is 0 Å². The van der Waals surface area contributed by atoms with Gasteiger partial charge in [-0.3, -0.25) is 9.59 Å². The van der Waals surface area contributed by atoms with Crippen LogP contribution in [0.3, 0.4) is 0 Å². The molecule has 1 saturated carbocycles. The number of aliphatic hydroxyl groups is 1. The van der Waals surface area contributed by atoms with Gasteiger partial charge in [0.05, 0.1) is 0 Å². The standard InChI is InChI=1S/C13H24O.C12H24O.C12H22O.C11H20.C7H16.CH4/c1-10(2)13(8-9-13)7-6-11(14)12(3,4)5;1-9(2)10(3)7-8-11(13)12(4,5)6;1-6-12(13,7-2)9-8-11(5)10(3)4;1-9(2)10(3)7-8-11(4,5)6;1-5-7(4)6(2)3;/h10H,6-9H2,1-5H3;9-10H,7-8H2,1-6H3;10-11,13H,6-7H2,1-5H3;9-10H,1-6H3;6-7H,5H2,1-4H3;1H4. The van der Waals surface area contributed by atoms with E-state index in [1.165, 1.54) is 19.3 Å². The Morgan fingerprint density at radius 2 is 0.915 bits per heavy atom. The molecule has 0 spiro atoms. The second-order valence-electron chi connectivity index (χ2n) is 22.8. The first-order valence-electron chi connectivity index (χ1n) is 23.8. The van der Waals surface area contributed by atoms with Gasteiger partial charge >= 0.3 is 0 Å². The molecule has 3 nitrogen and oxygen atoms in total. The Morgan fingerprint density at radius 1 is 0.559 bits per heavy atom. The van der Waals surface area contributed by atoms with E-state index in [1.807, 2.05) is 55.4 Å². The zero-order valence-corrected chi connectivity index (χ0v) is 44.3. The number of carbonyl (C=O) groups is 2. The molecule has 0 aliphatic heterocycles. The summed E-state index contributed by atoms with van der Waals surface area (Å²) in [5, 5.41) is 9.89. The highest BCUT2D eigenvalue weighted by Crippen LogP contribution is 2.55. The molecule has 0 aromatic carbocycles. The highest BCUT2D eigenvalue weighted by atomic mass is 16.3. The molecule has 1 aliphatic rings. The molecule has 352 valence electrons. The molecule has 1 aliphatic carbocycles. The first-order valence-corrected chi connectivity index (χ1v) is 23.8. The van der Waals surface area contributed by atoms with Crippen molar-refractivity contribution in [3.05, 3.63) is 0 Å². The van der Waals surface area contributed by atoms with Crippen LogP contribution in [-0.4, -0.2) is 22.3 Å². The molecule has 0 aromatic heterocycles. The van der Waals surface area contributed by atoms with Crippen molar-refractivity contribution in [1.29, 1.82) is 0 Å². The van der Waals surface area contributed by atoms with Crippen LogP contribution in [0, 0.1) is 98.6 Å². The zero-order valence-electron chi connectivity index (χ0n) is 44.3. The van der Waals surface area contributed by atoms with Crippen LogP contribution in [0.5, 0.6) is 0 Å². The van der Waals surface area contributed by atoms with Crippen molar-refractivity contribution in [2.45, 2.75) is 251 Å². The second-order valence-corrected chi connectivity index (χ2v) is 22.8. The summed E-state index contributed by atoms with van der Waals surface area (Å²) in [5.41, 5.74) is -0.378. The van der Waals surface area contributed by atoms with Crippen molar-refractivity contribution < 1.29 is 14.7 Å². The lowest BCUT2D eigenvalue weighted by molar-refractivity contribution is -0.127. The summed E-state index contributed by atoms with van der Waals surface area (Å²) >= 11 is 0. The summed E-state index contributed by atoms with van der Waals surface area (Å²) in [7, 11) is 0. The van der Waals surface area contributed by atoms with Crippen LogP contribution in [0.4, 0.5) is 0 Å². The third kappa shape index (κ3) is 35.7. The van der Waals surface area contributed by atoms with E-state index in [1.54, 1.807) is 0 Å². The van der Waals surface area contributed by atoms with E-state index in [0.29, 0.717) is 65.3 Å². The maximum Gasteiger partial charge on any atom is 0.138 e. The van der Waals surface area contributed by atoms with Gasteiger partial charge in [-0.25, -0.2) is 0 Å². The molecule has 4 atom stereocenters. The Morgan fingerprint density at radius 3 is 1.15 bits per heavy atom. The van der Waals surface area contributed by atoms with E-state index in [-0.39, 0.29) is 23.7 Å². The van der Waals surface area contributed by atoms with Gasteiger partial charge in [0, 0.05) is 40.9 Å². The summed E-state index contributed by atoms with van der Waals surface area (Å²) in [6, 6.07) is 0. The minimum Gasteiger partial charge on any atom is -0.378 e. The van der Waals surface area contributed by atoms with Crippen LogP contribution in [0.2, 0.25) is 0 Å². The minimum absolute atomic E-state index is 0. The number of hydrogen-bond donors (Lipinski definition) is 1. The maximum atomic E-state index is 11.8. The Kier molecular flexibility index (Phi) is 35.3. The van der Waals surface area contributed by atoms with Crippen LogP contribution >= 0.6 is 0 Å². The molecule has 0 radical (unpaired) electrons. The maximum absolute atomic E-state index is 11.8. The molecule has 3 heteroatoms. The topological polar surface area (TPSA) is 54.4 Å². The largest absolute Gasteiger partial charge is 0.378 e. The molecular weight excluding hydrogens is 721 g/mol. The van der Waals surface area contributed by atoms with Gasteiger partial charge in [0.25, 0.3) is 0 Å². The lowest BCUT2D eigenvalue weighted by atomic mass is 9.82. The molecule has 0 heterocycles. The molecule has 0 bridgehead atoms. The predicted octanol–water partition coefficient (Wildman–Crippen LogP) is 17.0. The fourth-order valence-electron chi connectivity index (χ4n) is 4.89. The van der Waals surface area contributed by atoms with E-state index in [4.69, 9.17) is 0 Å². The highest BCUT2D eigenvalue weighted by molar-refractivity contribution is 5.84. The Bertz CT molecular complexity index is 1190. The number of ketones is 2. The van der Waals surface area contributed by atoms with Crippen molar-refractivity contribution in [2.75, 3.05) is 0 Å². The minimum atomic E-state index is -0.761. The van der Waals surface area contributed by atoms with Gasteiger partial charge in [0.15, 0.2) is 0 Å². The predicted molar refractivity (Wildman–Crippen MR) is 267 cm³/mol. The van der Waals surface area contributed by atoms with Crippen LogP contribution in [0.1, 0.15) is 245 Å². The smallest absolute Gasteiger partial charge is 0.138 e. The van der Waals surface area contributed by atoms with Crippen molar-refractivity contribution >= 4 is 11.6 Å². The summed E-state index contributed by atoms with van der Waals surface area (Å²) in [6.45, 7) is 55.7. The molecule has 0 amide bonds. The van der Waals surface area contributed by atoms with Gasteiger partial charge in [-0.15, -0.1) is 0 Å². The van der Waals surface area contributed by atoms with Crippen molar-refractivity contribution in [2.24, 2.45) is 74.9 Å². The number of carbonyl (C=O) groups excluding carboxylic acids is 2. The SMILES string of the molecule is C.CC(C)C(C)C#CC(C)(C)C.CC(C)C(C)CCC(=O)C(C)(C)C.CC(C)C1(CCC(=O)C(C)(C)C)CC1.CCC(C)C(C)C.CCC(O)(C#CC(C)C(C)C)CC.